The van der Waals surface area contributed by atoms with Crippen molar-refractivity contribution in [3.63, 3.8) is 0 Å². The van der Waals surface area contributed by atoms with Crippen LogP contribution in [-0.2, 0) is 7.05 Å². The lowest BCUT2D eigenvalue weighted by atomic mass is 10.1. The summed E-state index contributed by atoms with van der Waals surface area (Å²) in [5.74, 6) is 1.02. The third kappa shape index (κ3) is 3.07. The van der Waals surface area contributed by atoms with E-state index in [4.69, 9.17) is 5.73 Å². The second kappa shape index (κ2) is 5.50. The van der Waals surface area contributed by atoms with Crippen molar-refractivity contribution in [2.24, 2.45) is 12.8 Å². The molecule has 3 N–H and O–H groups in total. The number of anilines is 1. The molecule has 0 radical (unpaired) electrons. The molecule has 0 amide bonds. The van der Waals surface area contributed by atoms with Crippen LogP contribution < -0.4 is 11.1 Å². The molecule has 0 aliphatic carbocycles. The molecule has 1 unspecified atom stereocenters. The van der Waals surface area contributed by atoms with E-state index >= 15 is 0 Å². The third-order valence-corrected chi connectivity index (χ3v) is 2.81. The first-order valence-corrected chi connectivity index (χ1v) is 5.80. The third-order valence-electron chi connectivity index (χ3n) is 2.81. The predicted molar refractivity (Wildman–Crippen MR) is 69.7 cm³/mol. The van der Waals surface area contributed by atoms with E-state index in [2.05, 4.69) is 22.5 Å². The van der Waals surface area contributed by atoms with Crippen molar-refractivity contribution in [1.29, 1.82) is 0 Å². The Morgan fingerprint density at radius 2 is 2.06 bits per heavy atom. The number of rotatable bonds is 5. The summed E-state index contributed by atoms with van der Waals surface area (Å²) in [5.41, 5.74) is 7.29. The number of nitrogens with zero attached hydrogens (tertiary/aromatic N) is 2. The van der Waals surface area contributed by atoms with E-state index in [9.17, 15) is 0 Å². The molecule has 1 aromatic heterocycles. The molecule has 0 spiro atoms. The Balaban J connectivity index is 1.81. The highest BCUT2D eigenvalue weighted by atomic mass is 15.3. The van der Waals surface area contributed by atoms with Gasteiger partial charge in [0.05, 0.1) is 6.20 Å². The fourth-order valence-corrected chi connectivity index (χ4v) is 1.77. The van der Waals surface area contributed by atoms with Gasteiger partial charge in [0, 0.05) is 25.7 Å². The number of nitrogens with one attached hydrogen (secondary N) is 1. The fourth-order valence-electron chi connectivity index (χ4n) is 1.77. The normalized spacial score (nSPS) is 12.4. The van der Waals surface area contributed by atoms with Crippen LogP contribution in [0.5, 0.6) is 0 Å². The summed E-state index contributed by atoms with van der Waals surface area (Å²) in [6, 6.07) is 12.2. The maximum atomic E-state index is 6.11. The Morgan fingerprint density at radius 3 is 2.71 bits per heavy atom. The molecule has 2 rings (SSSR count). The number of aromatic nitrogens is 2. The average molecular weight is 230 g/mol. The molecule has 90 valence electrons. The van der Waals surface area contributed by atoms with Crippen molar-refractivity contribution in [3.05, 3.63) is 48.2 Å². The molecule has 4 nitrogen and oxygen atoms in total. The van der Waals surface area contributed by atoms with Crippen LogP contribution in [0.4, 0.5) is 5.82 Å². The van der Waals surface area contributed by atoms with E-state index in [1.165, 1.54) is 5.56 Å². The number of aryl methyl sites for hydroxylation is 1. The highest BCUT2D eigenvalue weighted by Crippen LogP contribution is 2.13. The van der Waals surface area contributed by atoms with Gasteiger partial charge in [0.25, 0.3) is 0 Å². The second-order valence-electron chi connectivity index (χ2n) is 4.07. The zero-order valence-corrected chi connectivity index (χ0v) is 10.0. The van der Waals surface area contributed by atoms with Gasteiger partial charge < -0.3 is 11.1 Å². The van der Waals surface area contributed by atoms with Gasteiger partial charge in [-0.15, -0.1) is 0 Å². The van der Waals surface area contributed by atoms with Crippen molar-refractivity contribution in [1.82, 2.24) is 9.78 Å². The average Bonchev–Trinajstić information content (AvgIpc) is 2.76. The van der Waals surface area contributed by atoms with Gasteiger partial charge in [-0.05, 0) is 12.0 Å². The first-order chi connectivity index (χ1) is 8.27. The van der Waals surface area contributed by atoms with E-state index in [1.807, 2.05) is 36.0 Å². The minimum Gasteiger partial charge on any atom is -0.370 e. The Kier molecular flexibility index (Phi) is 3.77. The summed E-state index contributed by atoms with van der Waals surface area (Å²) in [5, 5.41) is 7.41. The Labute approximate surface area is 101 Å². The predicted octanol–water partition coefficient (Wildman–Crippen LogP) is 1.92. The lowest BCUT2D eigenvalue weighted by Gasteiger charge is -2.13. The molecule has 17 heavy (non-hydrogen) atoms. The van der Waals surface area contributed by atoms with E-state index in [0.29, 0.717) is 0 Å². The summed E-state index contributed by atoms with van der Waals surface area (Å²) in [4.78, 5) is 0. The van der Waals surface area contributed by atoms with Crippen LogP contribution in [0, 0.1) is 0 Å². The lowest BCUT2D eigenvalue weighted by molar-refractivity contribution is 0.668. The minimum atomic E-state index is 0.0805. The number of nitrogens with two attached hydrogens (primary N) is 1. The standard InChI is InChI=1S/C13H18N4/c1-17-13(8-10-16-17)15-9-7-12(14)11-5-3-2-4-6-11/h2-6,8,10,12,15H,7,9,14H2,1H3. The molecule has 1 atom stereocenters. The lowest BCUT2D eigenvalue weighted by Crippen LogP contribution is -2.16. The summed E-state index contributed by atoms with van der Waals surface area (Å²) in [7, 11) is 1.92. The Morgan fingerprint density at radius 1 is 1.29 bits per heavy atom. The minimum absolute atomic E-state index is 0.0805. The first-order valence-electron chi connectivity index (χ1n) is 5.80. The molecule has 4 heteroatoms. The van der Waals surface area contributed by atoms with Gasteiger partial charge in [0.1, 0.15) is 5.82 Å². The largest absolute Gasteiger partial charge is 0.370 e. The van der Waals surface area contributed by atoms with E-state index < -0.39 is 0 Å². The van der Waals surface area contributed by atoms with Gasteiger partial charge in [0.15, 0.2) is 0 Å². The van der Waals surface area contributed by atoms with Gasteiger partial charge in [-0.25, -0.2) is 0 Å². The van der Waals surface area contributed by atoms with Crippen molar-refractivity contribution >= 4 is 5.82 Å². The quantitative estimate of drug-likeness (QED) is 0.825. The summed E-state index contributed by atoms with van der Waals surface area (Å²) < 4.78 is 1.81. The van der Waals surface area contributed by atoms with E-state index in [1.54, 1.807) is 6.20 Å². The van der Waals surface area contributed by atoms with E-state index in [-0.39, 0.29) is 6.04 Å². The molecular formula is C13H18N4. The molecule has 0 saturated heterocycles. The molecule has 1 aromatic carbocycles. The van der Waals surface area contributed by atoms with Crippen LogP contribution in [0.15, 0.2) is 42.6 Å². The fraction of sp³-hybridized carbons (Fsp3) is 0.308. The topological polar surface area (TPSA) is 55.9 Å². The highest BCUT2D eigenvalue weighted by molar-refractivity contribution is 5.33. The van der Waals surface area contributed by atoms with Gasteiger partial charge in [-0.1, -0.05) is 30.3 Å². The first kappa shape index (κ1) is 11.7. The van der Waals surface area contributed by atoms with Crippen molar-refractivity contribution in [2.45, 2.75) is 12.5 Å². The van der Waals surface area contributed by atoms with Crippen LogP contribution in [-0.4, -0.2) is 16.3 Å². The molecule has 0 fully saturated rings. The summed E-state index contributed by atoms with van der Waals surface area (Å²) in [6.45, 7) is 0.843. The second-order valence-corrected chi connectivity index (χ2v) is 4.07. The molecule has 0 aliphatic rings. The molecule has 0 saturated carbocycles. The van der Waals surface area contributed by atoms with Crippen molar-refractivity contribution in [2.75, 3.05) is 11.9 Å². The van der Waals surface area contributed by atoms with Crippen LogP contribution in [0.3, 0.4) is 0 Å². The molecular weight excluding hydrogens is 212 g/mol. The number of hydrogen-bond donors (Lipinski definition) is 2. The zero-order chi connectivity index (χ0) is 12.1. The maximum Gasteiger partial charge on any atom is 0.123 e. The van der Waals surface area contributed by atoms with Crippen LogP contribution in [0.2, 0.25) is 0 Å². The van der Waals surface area contributed by atoms with Gasteiger partial charge in [-0.2, -0.15) is 5.10 Å². The number of benzene rings is 1. The highest BCUT2D eigenvalue weighted by Gasteiger charge is 2.05. The van der Waals surface area contributed by atoms with Gasteiger partial charge in [-0.3, -0.25) is 4.68 Å². The Bertz CT molecular complexity index is 449. The molecule has 0 bridgehead atoms. The number of hydrogen-bond acceptors (Lipinski definition) is 3. The summed E-state index contributed by atoms with van der Waals surface area (Å²) in [6.07, 6.45) is 2.68. The van der Waals surface area contributed by atoms with Gasteiger partial charge >= 0.3 is 0 Å². The monoisotopic (exact) mass is 230 g/mol. The van der Waals surface area contributed by atoms with Gasteiger partial charge in [0.2, 0.25) is 0 Å². The Hall–Kier alpha value is -1.81. The van der Waals surface area contributed by atoms with Crippen LogP contribution >= 0.6 is 0 Å². The van der Waals surface area contributed by atoms with Crippen molar-refractivity contribution < 1.29 is 0 Å². The van der Waals surface area contributed by atoms with E-state index in [0.717, 1.165) is 18.8 Å². The zero-order valence-electron chi connectivity index (χ0n) is 10.0. The SMILES string of the molecule is Cn1nccc1NCCC(N)c1ccccc1. The summed E-state index contributed by atoms with van der Waals surface area (Å²) >= 11 is 0. The van der Waals surface area contributed by atoms with Crippen LogP contribution in [0.25, 0.3) is 0 Å². The van der Waals surface area contributed by atoms with Crippen LogP contribution in [0.1, 0.15) is 18.0 Å². The molecule has 0 aliphatic heterocycles. The van der Waals surface area contributed by atoms with Crippen molar-refractivity contribution in [3.8, 4) is 0 Å². The maximum absolute atomic E-state index is 6.11. The molecule has 2 aromatic rings. The molecule has 1 heterocycles. The smallest absolute Gasteiger partial charge is 0.123 e.